The molecule has 2 aliphatic rings. The average Bonchev–Trinajstić information content (AvgIpc) is 2.29. The van der Waals surface area contributed by atoms with Crippen LogP contribution in [0.3, 0.4) is 0 Å². The zero-order valence-electron chi connectivity index (χ0n) is 11.4. The molecule has 1 saturated carbocycles. The molecule has 0 aromatic carbocycles. The summed E-state index contributed by atoms with van der Waals surface area (Å²) >= 11 is 1.84. The summed E-state index contributed by atoms with van der Waals surface area (Å²) < 4.78 is 0.196. The van der Waals surface area contributed by atoms with Crippen LogP contribution in [-0.4, -0.2) is 46.3 Å². The molecular weight excluding hydrogens is 248 g/mol. The molecule has 1 aliphatic heterocycles. The van der Waals surface area contributed by atoms with Gasteiger partial charge >= 0.3 is 0 Å². The molecule has 1 N–H and O–H groups in total. The zero-order valence-corrected chi connectivity index (χ0v) is 12.2. The van der Waals surface area contributed by atoms with Crippen molar-refractivity contribution >= 4 is 23.6 Å². The van der Waals surface area contributed by atoms with Gasteiger partial charge in [0.15, 0.2) is 0 Å². The van der Waals surface area contributed by atoms with Crippen LogP contribution in [0.1, 0.15) is 39.5 Å². The Labute approximate surface area is 113 Å². The lowest BCUT2D eigenvalue weighted by Crippen LogP contribution is -2.66. The predicted octanol–water partition coefficient (Wildman–Crippen LogP) is 1.40. The van der Waals surface area contributed by atoms with E-state index in [4.69, 9.17) is 0 Å². The predicted molar refractivity (Wildman–Crippen MR) is 73.5 cm³/mol. The van der Waals surface area contributed by atoms with Crippen LogP contribution in [-0.2, 0) is 9.59 Å². The maximum Gasteiger partial charge on any atom is 0.248 e. The summed E-state index contributed by atoms with van der Waals surface area (Å²) in [5, 5.41) is 2.83. The van der Waals surface area contributed by atoms with Gasteiger partial charge in [0.2, 0.25) is 11.8 Å². The fraction of sp³-hybridized carbons (Fsp3) is 0.846. The van der Waals surface area contributed by atoms with Crippen molar-refractivity contribution in [1.82, 2.24) is 10.2 Å². The van der Waals surface area contributed by atoms with E-state index in [1.165, 1.54) is 6.42 Å². The highest BCUT2D eigenvalue weighted by atomic mass is 32.2. The molecule has 0 aromatic rings. The van der Waals surface area contributed by atoms with Crippen molar-refractivity contribution in [2.24, 2.45) is 0 Å². The monoisotopic (exact) mass is 270 g/mol. The van der Waals surface area contributed by atoms with Gasteiger partial charge in [0.05, 0.1) is 6.54 Å². The second kappa shape index (κ2) is 4.76. The number of thioether (sulfide) groups is 1. The van der Waals surface area contributed by atoms with E-state index in [0.717, 1.165) is 19.4 Å². The van der Waals surface area contributed by atoms with Gasteiger partial charge in [-0.15, -0.1) is 0 Å². The van der Waals surface area contributed by atoms with E-state index in [2.05, 4.69) is 11.6 Å². The third-order valence-electron chi connectivity index (χ3n) is 4.39. The highest BCUT2D eigenvalue weighted by Gasteiger charge is 2.46. The topological polar surface area (TPSA) is 49.4 Å². The number of hydrogen-bond donors (Lipinski definition) is 1. The van der Waals surface area contributed by atoms with E-state index in [0.29, 0.717) is 6.42 Å². The molecule has 2 rings (SSSR count). The summed E-state index contributed by atoms with van der Waals surface area (Å²) in [5.41, 5.74) is -0.710. The first kappa shape index (κ1) is 13.7. The van der Waals surface area contributed by atoms with Gasteiger partial charge in [0.25, 0.3) is 0 Å². The number of piperazine rings is 1. The Morgan fingerprint density at radius 1 is 1.39 bits per heavy atom. The third kappa shape index (κ3) is 2.25. The summed E-state index contributed by atoms with van der Waals surface area (Å²) in [4.78, 5) is 26.0. The number of hydrogen-bond acceptors (Lipinski definition) is 3. The van der Waals surface area contributed by atoms with Crippen LogP contribution in [0, 0.1) is 0 Å². The summed E-state index contributed by atoms with van der Waals surface area (Å²) in [7, 11) is 0. The van der Waals surface area contributed by atoms with E-state index in [1.807, 2.05) is 25.6 Å². The van der Waals surface area contributed by atoms with E-state index < -0.39 is 5.54 Å². The molecular formula is C13H22N2O2S. The maximum atomic E-state index is 12.5. The van der Waals surface area contributed by atoms with E-state index in [1.54, 1.807) is 4.90 Å². The number of amides is 2. The molecule has 0 bridgehead atoms. The minimum atomic E-state index is -0.710. The maximum absolute atomic E-state index is 12.5. The Bertz CT molecular complexity index is 362. The van der Waals surface area contributed by atoms with Crippen molar-refractivity contribution < 1.29 is 9.59 Å². The molecule has 1 unspecified atom stereocenters. The Kier molecular flexibility index (Phi) is 3.63. The van der Waals surface area contributed by atoms with E-state index in [-0.39, 0.29) is 23.1 Å². The first-order valence-electron chi connectivity index (χ1n) is 6.60. The Morgan fingerprint density at radius 3 is 2.50 bits per heavy atom. The highest BCUT2D eigenvalue weighted by molar-refractivity contribution is 8.00. The average molecular weight is 270 g/mol. The third-order valence-corrected chi connectivity index (χ3v) is 5.80. The molecule has 102 valence electrons. The van der Waals surface area contributed by atoms with E-state index in [9.17, 15) is 9.59 Å². The zero-order chi connectivity index (χ0) is 13.4. The van der Waals surface area contributed by atoms with Gasteiger partial charge in [-0.05, 0) is 32.4 Å². The van der Waals surface area contributed by atoms with Crippen LogP contribution >= 0.6 is 11.8 Å². The Morgan fingerprint density at radius 2 is 2.06 bits per heavy atom. The highest BCUT2D eigenvalue weighted by Crippen LogP contribution is 2.43. The first-order chi connectivity index (χ1) is 8.45. The van der Waals surface area contributed by atoms with Crippen LogP contribution in [0.25, 0.3) is 0 Å². The second-order valence-electron chi connectivity index (χ2n) is 5.64. The van der Waals surface area contributed by atoms with Crippen LogP contribution in [0.2, 0.25) is 0 Å². The summed E-state index contributed by atoms with van der Waals surface area (Å²) in [6, 6.07) is 0. The van der Waals surface area contributed by atoms with Crippen molar-refractivity contribution in [1.29, 1.82) is 0 Å². The number of nitrogens with zero attached hydrogens (tertiary/aromatic N) is 1. The Balaban J connectivity index is 2.12. The molecule has 5 heteroatoms. The van der Waals surface area contributed by atoms with Crippen molar-refractivity contribution in [3.63, 3.8) is 0 Å². The Hall–Kier alpha value is -0.710. The van der Waals surface area contributed by atoms with Crippen LogP contribution in [0.5, 0.6) is 0 Å². The first-order valence-corrected chi connectivity index (χ1v) is 7.83. The van der Waals surface area contributed by atoms with Gasteiger partial charge in [0, 0.05) is 11.3 Å². The van der Waals surface area contributed by atoms with Gasteiger partial charge in [-0.3, -0.25) is 9.59 Å². The van der Waals surface area contributed by atoms with E-state index >= 15 is 0 Å². The second-order valence-corrected chi connectivity index (χ2v) is 6.91. The molecule has 4 nitrogen and oxygen atoms in total. The molecule has 0 aromatic heterocycles. The largest absolute Gasteiger partial charge is 0.340 e. The SMILES string of the molecule is CCC1(C)NC(=O)CN(CC2(SC)CCC2)C1=O. The molecule has 18 heavy (non-hydrogen) atoms. The van der Waals surface area contributed by atoms with Gasteiger partial charge in [0.1, 0.15) is 5.54 Å². The number of rotatable bonds is 4. The van der Waals surface area contributed by atoms with Crippen molar-refractivity contribution in [3.05, 3.63) is 0 Å². The molecule has 1 heterocycles. The number of nitrogens with one attached hydrogen (secondary N) is 1. The lowest BCUT2D eigenvalue weighted by molar-refractivity contribution is -0.150. The smallest absolute Gasteiger partial charge is 0.248 e. The molecule has 1 atom stereocenters. The minimum Gasteiger partial charge on any atom is -0.340 e. The van der Waals surface area contributed by atoms with Gasteiger partial charge < -0.3 is 10.2 Å². The number of carbonyl (C=O) groups is 2. The minimum absolute atomic E-state index is 0.0328. The van der Waals surface area contributed by atoms with Crippen LogP contribution < -0.4 is 5.32 Å². The van der Waals surface area contributed by atoms with Crippen molar-refractivity contribution in [2.75, 3.05) is 19.3 Å². The fourth-order valence-electron chi connectivity index (χ4n) is 2.71. The molecule has 1 aliphatic carbocycles. The quantitative estimate of drug-likeness (QED) is 0.840. The number of carbonyl (C=O) groups excluding carboxylic acids is 2. The molecule has 0 spiro atoms. The fourth-order valence-corrected chi connectivity index (χ4v) is 3.69. The van der Waals surface area contributed by atoms with Gasteiger partial charge in [-0.1, -0.05) is 13.3 Å². The van der Waals surface area contributed by atoms with Gasteiger partial charge in [-0.25, -0.2) is 0 Å². The van der Waals surface area contributed by atoms with Crippen molar-refractivity contribution in [2.45, 2.75) is 49.8 Å². The normalized spacial score (nSPS) is 30.9. The van der Waals surface area contributed by atoms with Crippen LogP contribution in [0.15, 0.2) is 0 Å². The summed E-state index contributed by atoms with van der Waals surface area (Å²) in [5.74, 6) is 0.0412. The standard InChI is InChI=1S/C13H22N2O2S/c1-4-12(2)11(17)15(8-10(16)14-12)9-13(18-3)6-5-7-13/h4-9H2,1-3H3,(H,14,16). The molecule has 1 saturated heterocycles. The lowest BCUT2D eigenvalue weighted by Gasteiger charge is -2.47. The summed E-state index contributed by atoms with van der Waals surface area (Å²) in [6.07, 6.45) is 6.29. The van der Waals surface area contributed by atoms with Crippen LogP contribution in [0.4, 0.5) is 0 Å². The van der Waals surface area contributed by atoms with Gasteiger partial charge in [-0.2, -0.15) is 11.8 Å². The summed E-state index contributed by atoms with van der Waals surface area (Å²) in [6.45, 7) is 4.70. The molecule has 2 fully saturated rings. The van der Waals surface area contributed by atoms with Crippen molar-refractivity contribution in [3.8, 4) is 0 Å². The lowest BCUT2D eigenvalue weighted by atomic mass is 9.83. The molecule has 2 amide bonds. The molecule has 0 radical (unpaired) electrons.